The summed E-state index contributed by atoms with van der Waals surface area (Å²) >= 11 is 0. The molecule has 1 amide bonds. The van der Waals surface area contributed by atoms with Gasteiger partial charge in [0.25, 0.3) is 5.91 Å². The van der Waals surface area contributed by atoms with Crippen molar-refractivity contribution >= 4 is 17.7 Å². The lowest BCUT2D eigenvalue weighted by Gasteiger charge is -2.27. The summed E-state index contributed by atoms with van der Waals surface area (Å²) in [5.41, 5.74) is 8.22. The molecular formula is C17H18N4O3. The van der Waals surface area contributed by atoms with Crippen LogP contribution in [0.4, 0.5) is 5.82 Å². The number of nitrogens with two attached hydrogens (primary N) is 1. The van der Waals surface area contributed by atoms with Gasteiger partial charge in [0, 0.05) is 17.7 Å². The van der Waals surface area contributed by atoms with Gasteiger partial charge in [0.15, 0.2) is 0 Å². The maximum atomic E-state index is 12.7. The fourth-order valence-electron chi connectivity index (χ4n) is 2.97. The van der Waals surface area contributed by atoms with Gasteiger partial charge in [-0.15, -0.1) is 0 Å². The van der Waals surface area contributed by atoms with E-state index in [1.807, 2.05) is 12.1 Å². The van der Waals surface area contributed by atoms with Crippen LogP contribution in [0.2, 0.25) is 0 Å². The third kappa shape index (κ3) is 2.68. The third-order valence-corrected chi connectivity index (χ3v) is 4.13. The largest absolute Gasteiger partial charge is 0.480 e. The van der Waals surface area contributed by atoms with Crippen LogP contribution in [0.25, 0.3) is 11.3 Å². The van der Waals surface area contributed by atoms with Gasteiger partial charge in [-0.3, -0.25) is 9.78 Å². The van der Waals surface area contributed by atoms with Crippen LogP contribution in [-0.4, -0.2) is 37.9 Å². The molecule has 2 heterocycles. The summed E-state index contributed by atoms with van der Waals surface area (Å²) in [5, 5.41) is 9.44. The molecule has 0 spiro atoms. The van der Waals surface area contributed by atoms with E-state index < -0.39 is 12.0 Å². The minimum Gasteiger partial charge on any atom is -0.480 e. The second kappa shape index (κ2) is 5.92. The van der Waals surface area contributed by atoms with Crippen LogP contribution in [-0.2, 0) is 11.3 Å². The molecule has 1 aromatic carbocycles. The Morgan fingerprint density at radius 3 is 2.62 bits per heavy atom. The molecule has 24 heavy (non-hydrogen) atoms. The highest BCUT2D eigenvalue weighted by atomic mass is 16.4. The number of carboxylic acids is 1. The number of carboxylic acid groups (broad SMARTS) is 1. The smallest absolute Gasteiger partial charge is 0.326 e. The number of benzene rings is 1. The molecule has 0 saturated carbocycles. The van der Waals surface area contributed by atoms with Crippen LogP contribution in [0.1, 0.15) is 29.8 Å². The lowest BCUT2D eigenvalue weighted by Crippen LogP contribution is -2.44. The number of carbonyl (C=O) groups is 2. The fourth-order valence-corrected chi connectivity index (χ4v) is 2.97. The van der Waals surface area contributed by atoms with Crippen molar-refractivity contribution in [3.8, 4) is 11.3 Å². The Morgan fingerprint density at radius 2 is 2.04 bits per heavy atom. The fraction of sp³-hybridized carbons (Fsp3) is 0.294. The summed E-state index contributed by atoms with van der Waals surface area (Å²) in [5.74, 6) is -1.11. The minimum atomic E-state index is -0.990. The lowest BCUT2D eigenvalue weighted by molar-refractivity contribution is -0.144. The van der Waals surface area contributed by atoms with E-state index in [2.05, 4.69) is 9.97 Å². The molecule has 0 aliphatic carbocycles. The molecule has 7 nitrogen and oxygen atoms in total. The molecular weight excluding hydrogens is 308 g/mol. The molecule has 0 saturated heterocycles. The Balaban J connectivity index is 1.95. The molecule has 1 aliphatic heterocycles. The molecule has 124 valence electrons. The van der Waals surface area contributed by atoms with E-state index in [9.17, 15) is 14.7 Å². The predicted molar refractivity (Wildman–Crippen MR) is 88.0 cm³/mol. The summed E-state index contributed by atoms with van der Waals surface area (Å²) < 4.78 is 0. The maximum absolute atomic E-state index is 12.7. The first kappa shape index (κ1) is 15.9. The summed E-state index contributed by atoms with van der Waals surface area (Å²) in [4.78, 5) is 33.8. The Morgan fingerprint density at radius 1 is 1.29 bits per heavy atom. The highest BCUT2D eigenvalue weighted by Gasteiger charge is 2.38. The van der Waals surface area contributed by atoms with E-state index in [0.717, 1.165) is 11.1 Å². The Hall–Kier alpha value is -2.96. The van der Waals surface area contributed by atoms with Crippen molar-refractivity contribution in [2.75, 3.05) is 5.73 Å². The zero-order valence-corrected chi connectivity index (χ0v) is 13.4. The normalized spacial score (nSPS) is 14.8. The van der Waals surface area contributed by atoms with Crippen LogP contribution in [0.3, 0.4) is 0 Å². The minimum absolute atomic E-state index is 0.178. The Bertz CT molecular complexity index is 802. The number of aliphatic carboxylic acids is 1. The van der Waals surface area contributed by atoms with Gasteiger partial charge in [-0.25, -0.2) is 9.78 Å². The van der Waals surface area contributed by atoms with Gasteiger partial charge in [0.1, 0.15) is 11.9 Å². The van der Waals surface area contributed by atoms with E-state index in [0.29, 0.717) is 23.6 Å². The van der Waals surface area contributed by atoms with E-state index >= 15 is 0 Å². The van der Waals surface area contributed by atoms with Gasteiger partial charge in [-0.1, -0.05) is 26.0 Å². The van der Waals surface area contributed by atoms with Crippen molar-refractivity contribution in [3.05, 3.63) is 41.7 Å². The molecule has 1 atom stereocenters. The number of carbonyl (C=O) groups excluding carboxylic acids is 1. The first-order valence-electron chi connectivity index (χ1n) is 7.63. The average molecular weight is 326 g/mol. The highest BCUT2D eigenvalue weighted by molar-refractivity contribution is 6.01. The number of hydrogen-bond acceptors (Lipinski definition) is 5. The van der Waals surface area contributed by atoms with Gasteiger partial charge >= 0.3 is 5.97 Å². The van der Waals surface area contributed by atoms with Gasteiger partial charge in [0.05, 0.1) is 18.1 Å². The first-order chi connectivity index (χ1) is 11.4. The molecule has 1 aromatic heterocycles. The van der Waals surface area contributed by atoms with Crippen molar-refractivity contribution < 1.29 is 14.7 Å². The number of hydrogen-bond donors (Lipinski definition) is 2. The van der Waals surface area contributed by atoms with Crippen molar-refractivity contribution in [1.29, 1.82) is 0 Å². The molecule has 0 bridgehead atoms. The lowest BCUT2D eigenvalue weighted by atomic mass is 10.0. The number of fused-ring (bicyclic) bond motifs is 1. The van der Waals surface area contributed by atoms with Crippen LogP contribution in [0.15, 0.2) is 30.6 Å². The van der Waals surface area contributed by atoms with E-state index in [-0.39, 0.29) is 11.8 Å². The summed E-state index contributed by atoms with van der Waals surface area (Å²) in [6, 6.07) is 4.57. The van der Waals surface area contributed by atoms with Crippen molar-refractivity contribution in [2.24, 2.45) is 5.92 Å². The third-order valence-electron chi connectivity index (χ3n) is 4.13. The maximum Gasteiger partial charge on any atom is 0.326 e. The number of nitrogens with zero attached hydrogens (tertiary/aromatic N) is 3. The molecule has 0 fully saturated rings. The number of rotatable bonds is 4. The Kier molecular flexibility index (Phi) is 3.92. The zero-order chi connectivity index (χ0) is 17.4. The molecule has 2 aromatic rings. The predicted octanol–water partition coefficient (Wildman–Crippen LogP) is 1.79. The SMILES string of the molecule is CC(C)C(C(=O)O)N1Cc2ccc(-c3cnc(N)cn3)cc2C1=O. The topological polar surface area (TPSA) is 109 Å². The molecule has 1 unspecified atom stereocenters. The van der Waals surface area contributed by atoms with Crippen LogP contribution >= 0.6 is 0 Å². The van der Waals surface area contributed by atoms with Gasteiger partial charge in [-0.05, 0) is 17.5 Å². The van der Waals surface area contributed by atoms with Crippen molar-refractivity contribution in [2.45, 2.75) is 26.4 Å². The second-order valence-corrected chi connectivity index (χ2v) is 6.16. The molecule has 1 aliphatic rings. The van der Waals surface area contributed by atoms with E-state index in [1.54, 1.807) is 26.1 Å². The molecule has 7 heteroatoms. The second-order valence-electron chi connectivity index (χ2n) is 6.16. The van der Waals surface area contributed by atoms with E-state index in [4.69, 9.17) is 5.73 Å². The van der Waals surface area contributed by atoms with Crippen molar-refractivity contribution in [3.63, 3.8) is 0 Å². The van der Waals surface area contributed by atoms with Gasteiger partial charge in [0.2, 0.25) is 0 Å². The number of anilines is 1. The Labute approximate surface area is 139 Å². The van der Waals surface area contributed by atoms with E-state index in [1.165, 1.54) is 11.1 Å². The first-order valence-corrected chi connectivity index (χ1v) is 7.63. The quantitative estimate of drug-likeness (QED) is 0.886. The summed E-state index contributed by atoms with van der Waals surface area (Å²) in [6.07, 6.45) is 3.00. The number of nitrogen functional groups attached to an aromatic ring is 1. The van der Waals surface area contributed by atoms with Gasteiger partial charge in [-0.2, -0.15) is 0 Å². The van der Waals surface area contributed by atoms with Crippen LogP contribution in [0, 0.1) is 5.92 Å². The molecule has 3 rings (SSSR count). The number of aromatic nitrogens is 2. The van der Waals surface area contributed by atoms with Gasteiger partial charge < -0.3 is 15.7 Å². The van der Waals surface area contributed by atoms with Crippen LogP contribution in [0.5, 0.6) is 0 Å². The monoisotopic (exact) mass is 326 g/mol. The highest BCUT2D eigenvalue weighted by Crippen LogP contribution is 2.30. The average Bonchev–Trinajstić information content (AvgIpc) is 2.84. The van der Waals surface area contributed by atoms with Crippen LogP contribution < -0.4 is 5.73 Å². The zero-order valence-electron chi connectivity index (χ0n) is 13.4. The summed E-state index contributed by atoms with van der Waals surface area (Å²) in [7, 11) is 0. The summed E-state index contributed by atoms with van der Waals surface area (Å²) in [6.45, 7) is 3.89. The molecule has 3 N–H and O–H groups in total. The standard InChI is InChI=1S/C17H18N4O3/c1-9(2)15(17(23)24)21-8-11-4-3-10(5-12(11)16(21)22)13-6-20-14(18)7-19-13/h3-7,9,15H,8H2,1-2H3,(H2,18,20)(H,23,24). The van der Waals surface area contributed by atoms with Crippen molar-refractivity contribution in [1.82, 2.24) is 14.9 Å². The molecule has 0 radical (unpaired) electrons. The number of amides is 1.